The van der Waals surface area contributed by atoms with Crippen molar-refractivity contribution in [2.45, 2.75) is 11.3 Å². The van der Waals surface area contributed by atoms with Crippen molar-refractivity contribution in [3.63, 3.8) is 0 Å². The Morgan fingerprint density at radius 3 is 2.75 bits per heavy atom. The highest BCUT2D eigenvalue weighted by molar-refractivity contribution is 7.93. The summed E-state index contributed by atoms with van der Waals surface area (Å²) in [7, 11) is -2.31. The largest absolute Gasteiger partial charge is 0.419 e. The van der Waals surface area contributed by atoms with E-state index in [-0.39, 0.29) is 15.5 Å². The lowest BCUT2D eigenvalue weighted by Crippen LogP contribution is -2.29. The average Bonchev–Trinajstić information content (AvgIpc) is 3.10. The number of para-hydroxylation sites is 1. The zero-order valence-corrected chi connectivity index (χ0v) is 14.3. The molecule has 4 rings (SSSR count). The van der Waals surface area contributed by atoms with Gasteiger partial charge in [-0.15, -0.1) is 0 Å². The first-order valence-corrected chi connectivity index (χ1v) is 9.11. The number of benzene rings is 2. The first-order chi connectivity index (χ1) is 11.4. The van der Waals surface area contributed by atoms with Gasteiger partial charge in [-0.1, -0.05) is 29.8 Å². The molecule has 3 aromatic rings. The molecule has 0 saturated carbocycles. The molecule has 0 radical (unpaired) electrons. The molecule has 0 bridgehead atoms. The monoisotopic (exact) mass is 364 g/mol. The van der Waals surface area contributed by atoms with Gasteiger partial charge in [-0.25, -0.2) is 13.2 Å². The number of sulfonamides is 1. The normalized spacial score (nSPS) is 14.3. The molecule has 2 heterocycles. The van der Waals surface area contributed by atoms with Crippen molar-refractivity contribution in [1.82, 2.24) is 4.57 Å². The molecular weight excluding hydrogens is 352 g/mol. The van der Waals surface area contributed by atoms with Gasteiger partial charge in [0.15, 0.2) is 5.58 Å². The van der Waals surface area contributed by atoms with Gasteiger partial charge in [-0.2, -0.15) is 0 Å². The van der Waals surface area contributed by atoms with Crippen LogP contribution >= 0.6 is 11.6 Å². The third-order valence-corrected chi connectivity index (χ3v) is 6.54. The minimum Gasteiger partial charge on any atom is -0.408 e. The third-order valence-electron chi connectivity index (χ3n) is 4.26. The SMILES string of the molecule is Cn1c(=O)oc2cc(S(=O)(=O)N3CCc4ccccc43)c(Cl)cc21. The fourth-order valence-electron chi connectivity index (χ4n) is 3.00. The second kappa shape index (κ2) is 5.12. The van der Waals surface area contributed by atoms with Gasteiger partial charge in [-0.3, -0.25) is 8.87 Å². The predicted octanol–water partition coefficient (Wildman–Crippen LogP) is 2.54. The Hall–Kier alpha value is -2.25. The van der Waals surface area contributed by atoms with Crippen LogP contribution < -0.4 is 10.1 Å². The molecule has 8 heteroatoms. The highest BCUT2D eigenvalue weighted by atomic mass is 35.5. The minimum atomic E-state index is -3.85. The van der Waals surface area contributed by atoms with Crippen molar-refractivity contribution in [2.24, 2.45) is 7.05 Å². The van der Waals surface area contributed by atoms with Gasteiger partial charge in [0.1, 0.15) is 4.90 Å². The van der Waals surface area contributed by atoms with Crippen LogP contribution in [0.1, 0.15) is 5.56 Å². The molecule has 124 valence electrons. The van der Waals surface area contributed by atoms with Crippen molar-refractivity contribution in [3.05, 3.63) is 57.5 Å². The van der Waals surface area contributed by atoms with E-state index in [1.807, 2.05) is 12.1 Å². The van der Waals surface area contributed by atoms with Gasteiger partial charge in [-0.05, 0) is 24.1 Å². The number of aromatic nitrogens is 1. The van der Waals surface area contributed by atoms with Crippen LogP contribution in [-0.2, 0) is 23.5 Å². The Balaban J connectivity index is 1.91. The quantitative estimate of drug-likeness (QED) is 0.700. The summed E-state index contributed by atoms with van der Waals surface area (Å²) in [4.78, 5) is 11.6. The van der Waals surface area contributed by atoms with Crippen LogP contribution in [-0.4, -0.2) is 19.5 Å². The van der Waals surface area contributed by atoms with Gasteiger partial charge >= 0.3 is 5.76 Å². The molecule has 0 unspecified atom stereocenters. The van der Waals surface area contributed by atoms with E-state index in [0.717, 1.165) is 5.56 Å². The summed E-state index contributed by atoms with van der Waals surface area (Å²) in [5.41, 5.74) is 2.27. The van der Waals surface area contributed by atoms with E-state index in [4.69, 9.17) is 16.0 Å². The van der Waals surface area contributed by atoms with E-state index in [1.54, 1.807) is 12.1 Å². The van der Waals surface area contributed by atoms with Gasteiger partial charge in [0.05, 0.1) is 16.2 Å². The molecule has 0 spiro atoms. The lowest BCUT2D eigenvalue weighted by molar-refractivity contribution is 0.527. The maximum Gasteiger partial charge on any atom is 0.419 e. The maximum absolute atomic E-state index is 13.1. The van der Waals surface area contributed by atoms with Gasteiger partial charge in [0.25, 0.3) is 10.0 Å². The molecule has 0 saturated heterocycles. The second-order valence-electron chi connectivity index (χ2n) is 5.63. The zero-order chi connectivity index (χ0) is 17.1. The second-order valence-corrected chi connectivity index (χ2v) is 7.87. The molecule has 1 aliphatic heterocycles. The van der Waals surface area contributed by atoms with E-state index >= 15 is 0 Å². The number of nitrogens with zero attached hydrogens (tertiary/aromatic N) is 2. The fraction of sp³-hybridized carbons (Fsp3) is 0.188. The van der Waals surface area contributed by atoms with Gasteiger partial charge in [0, 0.05) is 19.7 Å². The van der Waals surface area contributed by atoms with Gasteiger partial charge in [0.2, 0.25) is 0 Å². The third kappa shape index (κ3) is 2.08. The Morgan fingerprint density at radius 1 is 1.21 bits per heavy atom. The Bertz CT molecular complexity index is 1130. The number of oxazole rings is 1. The van der Waals surface area contributed by atoms with E-state index < -0.39 is 15.8 Å². The van der Waals surface area contributed by atoms with Gasteiger partial charge < -0.3 is 4.42 Å². The molecular formula is C16H13ClN2O4S. The molecule has 0 amide bonds. The Morgan fingerprint density at radius 2 is 1.96 bits per heavy atom. The highest BCUT2D eigenvalue weighted by Gasteiger charge is 2.32. The molecule has 6 nitrogen and oxygen atoms in total. The van der Waals surface area contributed by atoms with E-state index in [0.29, 0.717) is 24.2 Å². The van der Waals surface area contributed by atoms with Crippen molar-refractivity contribution in [1.29, 1.82) is 0 Å². The predicted molar refractivity (Wildman–Crippen MR) is 91.1 cm³/mol. The van der Waals surface area contributed by atoms with Crippen LogP contribution in [0.2, 0.25) is 5.02 Å². The van der Waals surface area contributed by atoms with Crippen LogP contribution in [0, 0.1) is 0 Å². The van der Waals surface area contributed by atoms with Crippen molar-refractivity contribution < 1.29 is 12.8 Å². The maximum atomic E-state index is 13.1. The average molecular weight is 365 g/mol. The summed E-state index contributed by atoms with van der Waals surface area (Å²) in [6.45, 7) is 0.356. The molecule has 1 aromatic heterocycles. The van der Waals surface area contributed by atoms with E-state index in [1.165, 1.54) is 28.1 Å². The molecule has 0 fully saturated rings. The standard InChI is InChI=1S/C16H13ClN2O4S/c1-18-13-8-11(17)15(9-14(13)23-16(18)20)24(21,22)19-7-6-10-4-2-3-5-12(10)19/h2-5,8-9H,6-7H2,1H3. The lowest BCUT2D eigenvalue weighted by Gasteiger charge is -2.20. The number of fused-ring (bicyclic) bond motifs is 2. The van der Waals surface area contributed by atoms with E-state index in [9.17, 15) is 13.2 Å². The molecule has 0 N–H and O–H groups in total. The zero-order valence-electron chi connectivity index (χ0n) is 12.7. The van der Waals surface area contributed by atoms with Crippen molar-refractivity contribution in [3.8, 4) is 0 Å². The molecule has 0 atom stereocenters. The highest BCUT2D eigenvalue weighted by Crippen LogP contribution is 2.36. The molecule has 24 heavy (non-hydrogen) atoms. The van der Waals surface area contributed by atoms with Crippen molar-refractivity contribution in [2.75, 3.05) is 10.8 Å². The summed E-state index contributed by atoms with van der Waals surface area (Å²) in [6.07, 6.45) is 0.648. The number of hydrogen-bond donors (Lipinski definition) is 0. The van der Waals surface area contributed by atoms with Crippen LogP contribution in [0.3, 0.4) is 0 Å². The minimum absolute atomic E-state index is 0.0586. The summed E-state index contributed by atoms with van der Waals surface area (Å²) >= 11 is 6.21. The van der Waals surface area contributed by atoms with Crippen LogP contribution in [0.4, 0.5) is 5.69 Å². The Labute approximate surface area is 142 Å². The van der Waals surface area contributed by atoms with Crippen LogP contribution in [0.15, 0.2) is 50.5 Å². The Kier molecular flexibility index (Phi) is 3.26. The first kappa shape index (κ1) is 15.3. The fourth-order valence-corrected chi connectivity index (χ4v) is 5.02. The van der Waals surface area contributed by atoms with Crippen LogP contribution in [0.5, 0.6) is 0 Å². The number of hydrogen-bond acceptors (Lipinski definition) is 4. The lowest BCUT2D eigenvalue weighted by atomic mass is 10.2. The summed E-state index contributed by atoms with van der Waals surface area (Å²) in [6, 6.07) is 10.1. The van der Waals surface area contributed by atoms with E-state index in [2.05, 4.69) is 0 Å². The molecule has 1 aliphatic rings. The summed E-state index contributed by atoms with van der Waals surface area (Å²) in [5.74, 6) is -0.567. The first-order valence-electron chi connectivity index (χ1n) is 7.29. The smallest absolute Gasteiger partial charge is 0.408 e. The topological polar surface area (TPSA) is 72.5 Å². The number of aryl methyl sites for hydroxylation is 1. The summed E-state index contributed by atoms with van der Waals surface area (Å²) < 4.78 is 33.8. The number of anilines is 1. The van der Waals surface area contributed by atoms with Crippen LogP contribution in [0.25, 0.3) is 11.1 Å². The number of halogens is 1. The molecule has 0 aliphatic carbocycles. The summed E-state index contributed by atoms with van der Waals surface area (Å²) in [5, 5.41) is 0.0586. The van der Waals surface area contributed by atoms with Crippen molar-refractivity contribution >= 4 is 38.4 Å². The molecule has 2 aromatic carbocycles. The number of rotatable bonds is 2.